The summed E-state index contributed by atoms with van der Waals surface area (Å²) < 4.78 is 28.4. The van der Waals surface area contributed by atoms with Crippen molar-refractivity contribution in [3.63, 3.8) is 0 Å². The first-order valence-electron chi connectivity index (χ1n) is 5.32. The van der Waals surface area contributed by atoms with Crippen LogP contribution in [0, 0.1) is 0 Å². The normalized spacial score (nSPS) is 13.3. The maximum atomic E-state index is 11.2. The van der Waals surface area contributed by atoms with Crippen molar-refractivity contribution in [2.75, 3.05) is 19.1 Å². The number of nitrogens with one attached hydrogen (secondary N) is 1. The van der Waals surface area contributed by atoms with Gasteiger partial charge in [-0.1, -0.05) is 6.07 Å². The van der Waals surface area contributed by atoms with Crippen molar-refractivity contribution in [1.82, 2.24) is 5.43 Å². The number of halogens is 1. The zero-order valence-corrected chi connectivity index (χ0v) is 12.7. The van der Waals surface area contributed by atoms with Crippen molar-refractivity contribution in [3.8, 4) is 5.75 Å². The molecule has 7 heteroatoms. The number of benzene rings is 1. The molecule has 1 aromatic carbocycles. The fourth-order valence-electron chi connectivity index (χ4n) is 1.65. The zero-order valence-electron chi connectivity index (χ0n) is 10.3. The van der Waals surface area contributed by atoms with Gasteiger partial charge in [0, 0.05) is 12.3 Å². The van der Waals surface area contributed by atoms with Gasteiger partial charge in [0.15, 0.2) is 0 Å². The van der Waals surface area contributed by atoms with Crippen LogP contribution >= 0.6 is 15.9 Å². The lowest BCUT2D eigenvalue weighted by molar-refractivity contribution is 0.412. The predicted octanol–water partition coefficient (Wildman–Crippen LogP) is 0.877. The van der Waals surface area contributed by atoms with Crippen LogP contribution in [0.1, 0.15) is 5.56 Å². The van der Waals surface area contributed by atoms with Gasteiger partial charge in [0.25, 0.3) is 0 Å². The number of sulfone groups is 1. The van der Waals surface area contributed by atoms with E-state index in [-0.39, 0.29) is 11.8 Å². The molecule has 5 nitrogen and oxygen atoms in total. The van der Waals surface area contributed by atoms with Crippen LogP contribution in [0.25, 0.3) is 0 Å². The highest BCUT2D eigenvalue weighted by Gasteiger charge is 2.15. The van der Waals surface area contributed by atoms with Crippen LogP contribution in [0.4, 0.5) is 0 Å². The maximum Gasteiger partial charge on any atom is 0.149 e. The van der Waals surface area contributed by atoms with Gasteiger partial charge in [0.1, 0.15) is 15.6 Å². The molecule has 102 valence electrons. The van der Waals surface area contributed by atoms with Crippen LogP contribution in [0.5, 0.6) is 5.75 Å². The Balaban J connectivity index is 2.79. The van der Waals surface area contributed by atoms with Gasteiger partial charge in [0.05, 0.1) is 17.3 Å². The van der Waals surface area contributed by atoms with E-state index in [1.807, 2.05) is 18.2 Å². The topological polar surface area (TPSA) is 81.4 Å². The number of nitrogens with two attached hydrogens (primary N) is 1. The minimum atomic E-state index is -3.06. The molecule has 0 heterocycles. The summed E-state index contributed by atoms with van der Waals surface area (Å²) in [5.41, 5.74) is 3.51. The van der Waals surface area contributed by atoms with Gasteiger partial charge in [-0.2, -0.15) is 0 Å². The average Bonchev–Trinajstić information content (AvgIpc) is 2.26. The van der Waals surface area contributed by atoms with Gasteiger partial charge in [-0.15, -0.1) is 0 Å². The van der Waals surface area contributed by atoms with Crippen molar-refractivity contribution in [2.45, 2.75) is 12.5 Å². The molecule has 0 aliphatic rings. The first kappa shape index (κ1) is 15.4. The summed E-state index contributed by atoms with van der Waals surface area (Å²) >= 11 is 3.39. The molecule has 18 heavy (non-hydrogen) atoms. The van der Waals surface area contributed by atoms with Crippen molar-refractivity contribution in [3.05, 3.63) is 28.2 Å². The molecule has 0 aliphatic heterocycles. The Morgan fingerprint density at radius 3 is 2.61 bits per heavy atom. The molecule has 0 saturated heterocycles. The summed E-state index contributed by atoms with van der Waals surface area (Å²) in [6, 6.07) is 5.30. The standard InChI is InChI=1S/C11H17BrN2O3S/c1-17-11-4-3-8(6-10(11)12)5-9(14-13)7-18(2,15)16/h3-4,6,9,14H,5,7,13H2,1-2H3. The lowest BCUT2D eigenvalue weighted by atomic mass is 10.1. The Hall–Kier alpha value is -0.630. The molecule has 1 rings (SSSR count). The van der Waals surface area contributed by atoms with E-state index in [1.165, 1.54) is 6.26 Å². The van der Waals surface area contributed by atoms with Crippen LogP contribution in [0.3, 0.4) is 0 Å². The molecule has 0 aliphatic carbocycles. The fraction of sp³-hybridized carbons (Fsp3) is 0.455. The van der Waals surface area contributed by atoms with E-state index in [1.54, 1.807) is 7.11 Å². The second-order valence-electron chi connectivity index (χ2n) is 4.13. The van der Waals surface area contributed by atoms with Crippen LogP contribution in [-0.4, -0.2) is 33.6 Å². The van der Waals surface area contributed by atoms with Crippen molar-refractivity contribution >= 4 is 25.8 Å². The van der Waals surface area contributed by atoms with E-state index in [2.05, 4.69) is 21.4 Å². The quantitative estimate of drug-likeness (QED) is 0.595. The van der Waals surface area contributed by atoms with Gasteiger partial charge >= 0.3 is 0 Å². The van der Waals surface area contributed by atoms with E-state index in [4.69, 9.17) is 10.6 Å². The van der Waals surface area contributed by atoms with E-state index >= 15 is 0 Å². The Labute approximate surface area is 116 Å². The second-order valence-corrected chi connectivity index (χ2v) is 7.17. The lowest BCUT2D eigenvalue weighted by Crippen LogP contribution is -2.41. The van der Waals surface area contributed by atoms with E-state index in [0.717, 1.165) is 15.8 Å². The monoisotopic (exact) mass is 336 g/mol. The molecule has 0 spiro atoms. The maximum absolute atomic E-state index is 11.2. The average molecular weight is 337 g/mol. The summed E-state index contributed by atoms with van der Waals surface area (Å²) in [5, 5.41) is 0. The molecule has 0 radical (unpaired) electrons. The fourth-order valence-corrected chi connectivity index (χ4v) is 3.19. The molecule has 0 fully saturated rings. The summed E-state index contributed by atoms with van der Waals surface area (Å²) in [6.45, 7) is 0. The van der Waals surface area contributed by atoms with E-state index < -0.39 is 9.84 Å². The van der Waals surface area contributed by atoms with Crippen LogP contribution in [0.2, 0.25) is 0 Å². The molecule has 0 amide bonds. The Bertz CT molecular complexity index is 505. The smallest absolute Gasteiger partial charge is 0.149 e. The van der Waals surface area contributed by atoms with Gasteiger partial charge in [-0.05, 0) is 40.0 Å². The largest absolute Gasteiger partial charge is 0.496 e. The molecule has 3 N–H and O–H groups in total. The third-order valence-electron chi connectivity index (χ3n) is 2.44. The van der Waals surface area contributed by atoms with Crippen molar-refractivity contribution in [1.29, 1.82) is 0 Å². The van der Waals surface area contributed by atoms with Gasteiger partial charge in [-0.3, -0.25) is 11.3 Å². The summed E-state index contributed by atoms with van der Waals surface area (Å²) in [5.74, 6) is 6.11. The number of ether oxygens (including phenoxy) is 1. The number of methoxy groups -OCH3 is 1. The molecule has 0 aromatic heterocycles. The zero-order chi connectivity index (χ0) is 13.8. The van der Waals surface area contributed by atoms with Gasteiger partial charge in [0.2, 0.25) is 0 Å². The SMILES string of the molecule is COc1ccc(CC(CS(C)(=O)=O)NN)cc1Br. The summed E-state index contributed by atoms with van der Waals surface area (Å²) in [7, 11) is -1.47. The lowest BCUT2D eigenvalue weighted by Gasteiger charge is -2.15. The molecule has 1 unspecified atom stereocenters. The van der Waals surface area contributed by atoms with Gasteiger partial charge in [-0.25, -0.2) is 8.42 Å². The highest BCUT2D eigenvalue weighted by molar-refractivity contribution is 9.10. The third kappa shape index (κ3) is 4.93. The highest BCUT2D eigenvalue weighted by atomic mass is 79.9. The Kier molecular flexibility index (Phi) is 5.58. The first-order chi connectivity index (χ1) is 8.35. The molecule has 0 saturated carbocycles. The number of hydrogen-bond donors (Lipinski definition) is 2. The number of rotatable bonds is 6. The predicted molar refractivity (Wildman–Crippen MR) is 75.2 cm³/mol. The minimum absolute atomic E-state index is 0.00709. The number of hydrogen-bond acceptors (Lipinski definition) is 5. The highest BCUT2D eigenvalue weighted by Crippen LogP contribution is 2.26. The van der Waals surface area contributed by atoms with Crippen molar-refractivity contribution < 1.29 is 13.2 Å². The third-order valence-corrected chi connectivity index (χ3v) is 4.07. The minimum Gasteiger partial charge on any atom is -0.496 e. The summed E-state index contributed by atoms with van der Waals surface area (Å²) in [6.07, 6.45) is 1.73. The van der Waals surface area contributed by atoms with Crippen molar-refractivity contribution in [2.24, 2.45) is 5.84 Å². The van der Waals surface area contributed by atoms with Crippen LogP contribution < -0.4 is 16.0 Å². The Morgan fingerprint density at radius 1 is 1.50 bits per heavy atom. The van der Waals surface area contributed by atoms with Crippen LogP contribution in [-0.2, 0) is 16.3 Å². The molecule has 1 atom stereocenters. The molecule has 0 bridgehead atoms. The van der Waals surface area contributed by atoms with Crippen LogP contribution in [0.15, 0.2) is 22.7 Å². The molecular weight excluding hydrogens is 320 g/mol. The first-order valence-corrected chi connectivity index (χ1v) is 8.17. The molecular formula is C11H17BrN2O3S. The second kappa shape index (κ2) is 6.51. The number of hydrazine groups is 1. The Morgan fingerprint density at radius 2 is 2.17 bits per heavy atom. The van der Waals surface area contributed by atoms with E-state index in [9.17, 15) is 8.42 Å². The summed E-state index contributed by atoms with van der Waals surface area (Å²) in [4.78, 5) is 0. The van der Waals surface area contributed by atoms with Gasteiger partial charge < -0.3 is 4.74 Å². The van der Waals surface area contributed by atoms with E-state index in [0.29, 0.717) is 6.42 Å². The molecule has 1 aromatic rings.